The first-order valence-corrected chi connectivity index (χ1v) is 8.71. The van der Waals surface area contributed by atoms with E-state index in [2.05, 4.69) is 11.6 Å². The number of hydrogen-bond donors (Lipinski definition) is 1. The Kier molecular flexibility index (Phi) is 5.90. The fraction of sp³-hybridized carbons (Fsp3) is 1.00. The molecular weight excluding hydrogens is 272 g/mol. The van der Waals surface area contributed by atoms with Crippen molar-refractivity contribution in [2.45, 2.75) is 52.0 Å². The van der Waals surface area contributed by atoms with Gasteiger partial charge in [-0.3, -0.25) is 0 Å². The van der Waals surface area contributed by atoms with Crippen molar-refractivity contribution in [3.05, 3.63) is 0 Å². The van der Waals surface area contributed by atoms with Crippen LogP contribution in [-0.2, 0) is 10.2 Å². The van der Waals surface area contributed by atoms with Crippen molar-refractivity contribution < 1.29 is 8.42 Å². The van der Waals surface area contributed by atoms with Crippen molar-refractivity contribution >= 4 is 21.8 Å². The maximum atomic E-state index is 12.3. The monoisotopic (exact) mass is 296 g/mol. The summed E-state index contributed by atoms with van der Waals surface area (Å²) in [5, 5.41) is 0. The first-order chi connectivity index (χ1) is 8.39. The van der Waals surface area contributed by atoms with Gasteiger partial charge in [-0.2, -0.15) is 17.4 Å². The molecule has 1 saturated heterocycles. The Balaban J connectivity index is 2.75. The topological polar surface area (TPSA) is 49.4 Å². The van der Waals surface area contributed by atoms with Gasteiger partial charge in [0.05, 0.1) is 0 Å². The first-order valence-electron chi connectivity index (χ1n) is 6.74. The van der Waals surface area contributed by atoms with E-state index < -0.39 is 15.7 Å². The van der Waals surface area contributed by atoms with Crippen molar-refractivity contribution in [1.29, 1.82) is 0 Å². The number of halogens is 1. The number of nitrogens with zero attached hydrogens (tertiary/aromatic N) is 1. The molecule has 1 rings (SSSR count). The third-order valence-electron chi connectivity index (χ3n) is 4.04. The van der Waals surface area contributed by atoms with Gasteiger partial charge >= 0.3 is 0 Å². The molecule has 0 aromatic rings. The summed E-state index contributed by atoms with van der Waals surface area (Å²) in [6.07, 6.45) is 3.28. The summed E-state index contributed by atoms with van der Waals surface area (Å²) in [5.41, 5.74) is -0.510. The smallest absolute Gasteiger partial charge is 0.195 e. The first kappa shape index (κ1) is 16.2. The van der Waals surface area contributed by atoms with Gasteiger partial charge < -0.3 is 0 Å². The van der Waals surface area contributed by atoms with Gasteiger partial charge in [-0.1, -0.05) is 20.8 Å². The molecule has 0 amide bonds. The van der Waals surface area contributed by atoms with Gasteiger partial charge in [0.2, 0.25) is 0 Å². The van der Waals surface area contributed by atoms with E-state index in [-0.39, 0.29) is 0 Å². The molecule has 1 N–H and O–H groups in total. The highest BCUT2D eigenvalue weighted by molar-refractivity contribution is 7.87. The average molecular weight is 297 g/mol. The lowest BCUT2D eigenvalue weighted by Gasteiger charge is -2.35. The number of hydrogen-bond acceptors (Lipinski definition) is 2. The van der Waals surface area contributed by atoms with Crippen molar-refractivity contribution in [2.24, 2.45) is 5.92 Å². The standard InChI is InChI=1S/C12H25ClN2O2S/c1-4-12(5-2,10-13)14-18(16,17)15-8-6-11(3)7-9-15/h11,14H,4-10H2,1-3H3. The van der Waals surface area contributed by atoms with Crippen molar-refractivity contribution in [1.82, 2.24) is 9.03 Å². The van der Waals surface area contributed by atoms with Gasteiger partial charge in [0.15, 0.2) is 0 Å². The molecule has 0 aromatic heterocycles. The van der Waals surface area contributed by atoms with Gasteiger partial charge in [-0.25, -0.2) is 0 Å². The lowest BCUT2D eigenvalue weighted by Crippen LogP contribution is -2.55. The molecular formula is C12H25ClN2O2S. The second-order valence-electron chi connectivity index (χ2n) is 5.31. The van der Waals surface area contributed by atoms with Crippen molar-refractivity contribution in [3.63, 3.8) is 0 Å². The van der Waals surface area contributed by atoms with E-state index in [9.17, 15) is 8.42 Å². The Bertz CT molecular complexity index is 339. The summed E-state index contributed by atoms with van der Waals surface area (Å²) in [6, 6.07) is 0. The molecule has 0 spiro atoms. The molecule has 108 valence electrons. The Hall–Kier alpha value is 0.160. The van der Waals surface area contributed by atoms with E-state index in [4.69, 9.17) is 11.6 Å². The molecule has 18 heavy (non-hydrogen) atoms. The summed E-state index contributed by atoms with van der Waals surface area (Å²) >= 11 is 5.95. The van der Waals surface area contributed by atoms with Crippen LogP contribution in [0.25, 0.3) is 0 Å². The molecule has 0 atom stereocenters. The molecule has 1 heterocycles. The quantitative estimate of drug-likeness (QED) is 0.765. The van der Waals surface area contributed by atoms with Crippen LogP contribution in [0.3, 0.4) is 0 Å². The van der Waals surface area contributed by atoms with Crippen LogP contribution in [0.15, 0.2) is 0 Å². The third kappa shape index (κ3) is 3.83. The molecule has 4 nitrogen and oxygen atoms in total. The van der Waals surface area contributed by atoms with E-state index in [1.807, 2.05) is 13.8 Å². The second kappa shape index (κ2) is 6.55. The second-order valence-corrected chi connectivity index (χ2v) is 7.25. The molecule has 0 radical (unpaired) electrons. The molecule has 0 bridgehead atoms. The maximum absolute atomic E-state index is 12.3. The van der Waals surface area contributed by atoms with E-state index in [0.717, 1.165) is 12.8 Å². The van der Waals surface area contributed by atoms with Gasteiger partial charge in [-0.05, 0) is 31.6 Å². The van der Waals surface area contributed by atoms with Gasteiger partial charge in [0.25, 0.3) is 10.2 Å². The largest absolute Gasteiger partial charge is 0.279 e. The molecule has 0 saturated carbocycles. The Morgan fingerprint density at radius 3 is 2.17 bits per heavy atom. The minimum absolute atomic E-state index is 0.309. The van der Waals surface area contributed by atoms with E-state index in [1.54, 1.807) is 4.31 Å². The lowest BCUT2D eigenvalue weighted by atomic mass is 9.97. The number of nitrogens with one attached hydrogen (secondary N) is 1. The average Bonchev–Trinajstić information content (AvgIpc) is 2.37. The van der Waals surface area contributed by atoms with E-state index in [0.29, 0.717) is 37.7 Å². The predicted molar refractivity (Wildman–Crippen MR) is 76.1 cm³/mol. The molecule has 1 fully saturated rings. The minimum Gasteiger partial charge on any atom is -0.195 e. The van der Waals surface area contributed by atoms with Crippen LogP contribution in [0.5, 0.6) is 0 Å². The van der Waals surface area contributed by atoms with Crippen LogP contribution in [0.1, 0.15) is 46.5 Å². The van der Waals surface area contributed by atoms with Crippen LogP contribution in [-0.4, -0.2) is 37.2 Å². The highest BCUT2D eigenvalue weighted by Gasteiger charge is 2.34. The fourth-order valence-electron chi connectivity index (χ4n) is 2.17. The van der Waals surface area contributed by atoms with Gasteiger partial charge in [0, 0.05) is 24.5 Å². The van der Waals surface area contributed by atoms with Crippen LogP contribution >= 0.6 is 11.6 Å². The van der Waals surface area contributed by atoms with Crippen LogP contribution < -0.4 is 4.72 Å². The lowest BCUT2D eigenvalue weighted by molar-refractivity contribution is 0.276. The number of alkyl halides is 1. The van der Waals surface area contributed by atoms with Crippen LogP contribution in [0.2, 0.25) is 0 Å². The van der Waals surface area contributed by atoms with Crippen LogP contribution in [0, 0.1) is 5.92 Å². The number of piperidine rings is 1. The molecule has 1 aliphatic rings. The Morgan fingerprint density at radius 2 is 1.78 bits per heavy atom. The summed E-state index contributed by atoms with van der Waals surface area (Å²) in [5.74, 6) is 0.926. The third-order valence-corrected chi connectivity index (χ3v) is 6.28. The van der Waals surface area contributed by atoms with Gasteiger partial charge in [0.1, 0.15) is 0 Å². The zero-order chi connectivity index (χ0) is 13.8. The van der Waals surface area contributed by atoms with Crippen molar-refractivity contribution in [2.75, 3.05) is 19.0 Å². The highest BCUT2D eigenvalue weighted by Crippen LogP contribution is 2.22. The Morgan fingerprint density at radius 1 is 1.28 bits per heavy atom. The number of rotatable bonds is 6. The minimum atomic E-state index is -3.40. The molecule has 1 aliphatic heterocycles. The molecule has 0 aromatic carbocycles. The summed E-state index contributed by atoms with van der Waals surface area (Å²) in [7, 11) is -3.40. The molecule has 6 heteroatoms. The zero-order valence-corrected chi connectivity index (χ0v) is 13.1. The van der Waals surface area contributed by atoms with Crippen molar-refractivity contribution in [3.8, 4) is 0 Å². The summed E-state index contributed by atoms with van der Waals surface area (Å²) in [6.45, 7) is 7.32. The van der Waals surface area contributed by atoms with E-state index >= 15 is 0 Å². The zero-order valence-electron chi connectivity index (χ0n) is 11.6. The van der Waals surface area contributed by atoms with Gasteiger partial charge in [-0.15, -0.1) is 11.6 Å². The fourth-order valence-corrected chi connectivity index (χ4v) is 4.43. The SMILES string of the molecule is CCC(CC)(CCl)NS(=O)(=O)N1CCC(C)CC1. The Labute approximate surface area is 116 Å². The normalized spacial score (nSPS) is 20.2. The summed E-state index contributed by atoms with van der Waals surface area (Å²) < 4.78 is 29.0. The summed E-state index contributed by atoms with van der Waals surface area (Å²) in [4.78, 5) is 0. The predicted octanol–water partition coefficient (Wildman–Crippen LogP) is 2.35. The molecule has 0 unspecified atom stereocenters. The maximum Gasteiger partial charge on any atom is 0.279 e. The highest BCUT2D eigenvalue weighted by atomic mass is 35.5. The molecule has 0 aliphatic carbocycles. The van der Waals surface area contributed by atoms with E-state index in [1.165, 1.54) is 0 Å². The van der Waals surface area contributed by atoms with Crippen LogP contribution in [0.4, 0.5) is 0 Å².